The van der Waals surface area contributed by atoms with E-state index in [0.717, 1.165) is 63.8 Å². The zero-order chi connectivity index (χ0) is 38.9. The average molecular weight is 790 g/mol. The van der Waals surface area contributed by atoms with Crippen molar-refractivity contribution in [3.63, 3.8) is 0 Å². The first-order chi connectivity index (χ1) is 28.4. The molecule has 4 heterocycles. The molecule has 0 radical (unpaired) electrons. The number of para-hydroxylation sites is 2. The second-order valence-corrected chi connectivity index (χ2v) is 16.8. The topological polar surface area (TPSA) is 33.6 Å². The lowest BCUT2D eigenvalue weighted by Gasteiger charge is -2.20. The summed E-state index contributed by atoms with van der Waals surface area (Å²) in [7, 11) is 0. The number of benzene rings is 8. The largest absolute Gasteiger partial charge is 0.416 e. The maximum atomic E-state index is 14.8. The van der Waals surface area contributed by atoms with Crippen LogP contribution in [0, 0.1) is 11.3 Å². The van der Waals surface area contributed by atoms with Crippen LogP contribution in [0.25, 0.3) is 106 Å². The van der Waals surface area contributed by atoms with E-state index in [0.29, 0.717) is 28.1 Å². The van der Waals surface area contributed by atoms with Gasteiger partial charge in [-0.25, -0.2) is 0 Å². The molecular weight excluding hydrogens is 764 g/mol. The van der Waals surface area contributed by atoms with Crippen molar-refractivity contribution >= 4 is 107 Å². The number of nitrogens with zero attached hydrogens (tertiary/aromatic N) is 3. The summed E-state index contributed by atoms with van der Waals surface area (Å²) in [5.41, 5.74) is 5.48. The Balaban J connectivity index is 1.21. The van der Waals surface area contributed by atoms with Crippen LogP contribution < -0.4 is 0 Å². The fraction of sp³-hybridized carbons (Fsp3) is 0.0200. The molecule has 0 atom stereocenters. The summed E-state index contributed by atoms with van der Waals surface area (Å²) in [6.07, 6.45) is -4.59. The molecule has 0 saturated heterocycles. The monoisotopic (exact) mass is 789 g/mol. The molecule has 0 aliphatic heterocycles. The first-order valence-electron chi connectivity index (χ1n) is 18.8. The van der Waals surface area contributed by atoms with E-state index in [4.69, 9.17) is 0 Å². The number of halogens is 3. The smallest absolute Gasteiger partial charge is 0.309 e. The van der Waals surface area contributed by atoms with E-state index in [2.05, 4.69) is 81.9 Å². The van der Waals surface area contributed by atoms with Crippen molar-refractivity contribution in [2.45, 2.75) is 6.18 Å². The van der Waals surface area contributed by atoms with E-state index in [1.165, 1.54) is 32.3 Å². The van der Waals surface area contributed by atoms with Crippen LogP contribution in [-0.2, 0) is 6.18 Å². The summed E-state index contributed by atoms with van der Waals surface area (Å²) >= 11 is 3.47. The van der Waals surface area contributed by atoms with Crippen LogP contribution >= 0.6 is 22.7 Å². The van der Waals surface area contributed by atoms with Crippen molar-refractivity contribution in [3.8, 4) is 28.6 Å². The lowest BCUT2D eigenvalue weighted by atomic mass is 9.97. The summed E-state index contributed by atoms with van der Waals surface area (Å²) in [6, 6.07) is 53.2. The SMILES string of the molecule is N#Cc1ccc(-c2cc(C(F)(F)F)ccc2-n2c3ccccc3c3c4sc5ccccc5c4ccc32)c(-n2c3ccccc3c3c4sc5ccccc5c4ccc32)c1. The van der Waals surface area contributed by atoms with E-state index in [-0.39, 0.29) is 0 Å². The molecule has 0 fully saturated rings. The number of hydrogen-bond acceptors (Lipinski definition) is 3. The maximum absolute atomic E-state index is 14.8. The molecule has 0 aliphatic rings. The first-order valence-corrected chi connectivity index (χ1v) is 20.4. The van der Waals surface area contributed by atoms with Crippen LogP contribution in [0.3, 0.4) is 0 Å². The van der Waals surface area contributed by atoms with Crippen molar-refractivity contribution in [1.82, 2.24) is 9.13 Å². The summed E-state index contributed by atoms with van der Waals surface area (Å²) < 4.78 is 53.4. The van der Waals surface area contributed by atoms with Crippen molar-refractivity contribution in [3.05, 3.63) is 169 Å². The second kappa shape index (κ2) is 12.0. The second-order valence-electron chi connectivity index (χ2n) is 14.6. The van der Waals surface area contributed by atoms with Crippen molar-refractivity contribution in [1.29, 1.82) is 5.26 Å². The van der Waals surface area contributed by atoms with Crippen LogP contribution in [0.15, 0.2) is 158 Å². The molecule has 274 valence electrons. The van der Waals surface area contributed by atoms with Gasteiger partial charge < -0.3 is 9.13 Å². The Bertz CT molecular complexity index is 3760. The molecule has 0 amide bonds. The van der Waals surface area contributed by atoms with Gasteiger partial charge in [0.15, 0.2) is 0 Å². The van der Waals surface area contributed by atoms with Gasteiger partial charge in [-0.15, -0.1) is 22.7 Å². The van der Waals surface area contributed by atoms with E-state index in [1.54, 1.807) is 34.8 Å². The minimum atomic E-state index is -4.59. The van der Waals surface area contributed by atoms with Crippen LogP contribution in [-0.4, -0.2) is 9.13 Å². The molecule has 12 rings (SSSR count). The lowest BCUT2D eigenvalue weighted by molar-refractivity contribution is -0.137. The summed E-state index contributed by atoms with van der Waals surface area (Å²) in [5, 5.41) is 19.1. The molecular formula is C50H26F3N3S2. The van der Waals surface area contributed by atoms with E-state index >= 15 is 0 Å². The zero-order valence-electron chi connectivity index (χ0n) is 30.3. The molecule has 0 aliphatic carbocycles. The minimum absolute atomic E-state index is 0.405. The predicted molar refractivity (Wildman–Crippen MR) is 236 cm³/mol. The lowest BCUT2D eigenvalue weighted by Crippen LogP contribution is -2.08. The van der Waals surface area contributed by atoms with Gasteiger partial charge in [-0.2, -0.15) is 18.4 Å². The number of hydrogen-bond donors (Lipinski definition) is 0. The van der Waals surface area contributed by atoms with Gasteiger partial charge in [-0.3, -0.25) is 0 Å². The molecule has 0 saturated carbocycles. The number of aromatic nitrogens is 2. The summed E-state index contributed by atoms with van der Waals surface area (Å²) in [6.45, 7) is 0. The standard InChI is InChI=1S/C50H26F3N3S2/c51-50(52,53)29-18-22-40(55-38-13-5-1-11-35(38)46-41(55)23-20-33-31-9-3-7-15-44(31)57-48(33)46)37(26-29)30-19-17-28(27-54)25-43(30)56-39-14-6-2-12-36(39)47-42(56)24-21-34-32-10-4-8-16-45(32)58-49(34)47/h1-26H. The molecule has 8 aromatic carbocycles. The molecule has 0 unspecified atom stereocenters. The molecule has 3 nitrogen and oxygen atoms in total. The third kappa shape index (κ3) is 4.60. The van der Waals surface area contributed by atoms with Crippen LogP contribution in [0.5, 0.6) is 0 Å². The molecule has 0 bridgehead atoms. The van der Waals surface area contributed by atoms with Gasteiger partial charge in [0, 0.05) is 73.0 Å². The van der Waals surface area contributed by atoms with Crippen LogP contribution in [0.2, 0.25) is 0 Å². The highest BCUT2D eigenvalue weighted by Crippen LogP contribution is 2.48. The highest BCUT2D eigenvalue weighted by molar-refractivity contribution is 7.27. The first kappa shape index (κ1) is 33.2. The number of rotatable bonds is 3. The molecule has 0 spiro atoms. The highest BCUT2D eigenvalue weighted by Gasteiger charge is 2.32. The van der Waals surface area contributed by atoms with Crippen molar-refractivity contribution < 1.29 is 13.2 Å². The summed E-state index contributed by atoms with van der Waals surface area (Å²) in [4.78, 5) is 0. The quantitative estimate of drug-likeness (QED) is 0.175. The Labute approximate surface area is 336 Å². The predicted octanol–water partition coefficient (Wildman–Crippen LogP) is 15.2. The van der Waals surface area contributed by atoms with Gasteiger partial charge >= 0.3 is 6.18 Å². The maximum Gasteiger partial charge on any atom is 0.416 e. The fourth-order valence-corrected chi connectivity index (χ4v) is 11.6. The third-order valence-electron chi connectivity index (χ3n) is 11.6. The molecule has 58 heavy (non-hydrogen) atoms. The van der Waals surface area contributed by atoms with Gasteiger partial charge in [0.25, 0.3) is 0 Å². The van der Waals surface area contributed by atoms with Crippen LogP contribution in [0.1, 0.15) is 11.1 Å². The Morgan fingerprint density at radius 3 is 1.52 bits per heavy atom. The number of alkyl halides is 3. The Hall–Kier alpha value is -6.92. The molecule has 0 N–H and O–H groups in total. The normalized spacial score (nSPS) is 12.4. The molecule has 4 aromatic heterocycles. The number of thiophene rings is 2. The van der Waals surface area contributed by atoms with E-state index < -0.39 is 11.7 Å². The Kier molecular flexibility index (Phi) is 6.90. The summed E-state index contributed by atoms with van der Waals surface area (Å²) in [5.74, 6) is 0. The average Bonchev–Trinajstić information content (AvgIpc) is 4.00. The van der Waals surface area contributed by atoms with Gasteiger partial charge in [0.05, 0.1) is 50.6 Å². The van der Waals surface area contributed by atoms with Crippen molar-refractivity contribution in [2.24, 2.45) is 0 Å². The van der Waals surface area contributed by atoms with Gasteiger partial charge in [0.2, 0.25) is 0 Å². The van der Waals surface area contributed by atoms with Gasteiger partial charge in [-0.1, -0.05) is 91.0 Å². The van der Waals surface area contributed by atoms with E-state index in [9.17, 15) is 18.4 Å². The van der Waals surface area contributed by atoms with Gasteiger partial charge in [-0.05, 0) is 66.7 Å². The third-order valence-corrected chi connectivity index (χ3v) is 14.0. The molecule has 12 aromatic rings. The molecule has 8 heteroatoms. The number of fused-ring (bicyclic) bond motifs is 14. The number of nitriles is 1. The zero-order valence-corrected chi connectivity index (χ0v) is 31.9. The van der Waals surface area contributed by atoms with Gasteiger partial charge in [0.1, 0.15) is 0 Å². The fourth-order valence-electron chi connectivity index (χ4n) is 9.13. The Morgan fingerprint density at radius 1 is 0.448 bits per heavy atom. The van der Waals surface area contributed by atoms with E-state index in [1.807, 2.05) is 66.7 Å². The van der Waals surface area contributed by atoms with Crippen molar-refractivity contribution in [2.75, 3.05) is 0 Å². The Morgan fingerprint density at radius 2 is 0.966 bits per heavy atom. The van der Waals surface area contributed by atoms with Crippen LogP contribution in [0.4, 0.5) is 13.2 Å². The minimum Gasteiger partial charge on any atom is -0.309 e. The highest BCUT2D eigenvalue weighted by atomic mass is 32.1.